The third-order valence-corrected chi connectivity index (χ3v) is 1.89. The maximum absolute atomic E-state index is 5.15. The summed E-state index contributed by atoms with van der Waals surface area (Å²) in [4.78, 5) is 2.18. The van der Waals surface area contributed by atoms with Gasteiger partial charge in [0.05, 0.1) is 0 Å². The number of hydrogen-bond acceptors (Lipinski definition) is 1. The van der Waals surface area contributed by atoms with Crippen LogP contribution in [0.5, 0.6) is 0 Å². The van der Waals surface area contributed by atoms with Crippen LogP contribution in [-0.2, 0) is 0 Å². The van der Waals surface area contributed by atoms with Gasteiger partial charge in [0.1, 0.15) is 0 Å². The van der Waals surface area contributed by atoms with Crippen LogP contribution >= 0.6 is 12.2 Å². The molecule has 0 spiro atoms. The highest BCUT2D eigenvalue weighted by Gasteiger charge is 2.02. The Labute approximate surface area is 75.0 Å². The smallest absolute Gasteiger partial charge is 0.168 e. The maximum Gasteiger partial charge on any atom is 0.168 e. The molecular weight excluding hydrogens is 156 g/mol. The molecule has 0 fully saturated rings. The van der Waals surface area contributed by atoms with Crippen LogP contribution in [0.4, 0.5) is 0 Å². The molecule has 0 aliphatic rings. The minimum absolute atomic E-state index is 0.886. The van der Waals surface area contributed by atoms with Crippen molar-refractivity contribution in [2.24, 2.45) is 0 Å². The lowest BCUT2D eigenvalue weighted by molar-refractivity contribution is 0.433. The molecule has 0 aliphatic heterocycles. The van der Waals surface area contributed by atoms with Gasteiger partial charge in [-0.2, -0.15) is 0 Å². The van der Waals surface area contributed by atoms with Crippen LogP contribution in [0.25, 0.3) is 0 Å². The topological polar surface area (TPSA) is 15.3 Å². The van der Waals surface area contributed by atoms with E-state index in [1.165, 1.54) is 0 Å². The molecule has 0 unspecified atom stereocenters. The molecule has 66 valence electrons. The monoisotopic (exact) mass is 174 g/mol. The van der Waals surface area contributed by atoms with Crippen molar-refractivity contribution in [1.82, 2.24) is 10.2 Å². The molecule has 0 heterocycles. The van der Waals surface area contributed by atoms with Crippen molar-refractivity contribution in [3.8, 4) is 0 Å². The summed E-state index contributed by atoms with van der Waals surface area (Å²) in [6, 6.07) is 0. The summed E-state index contributed by atoms with van der Waals surface area (Å²) in [5.41, 5.74) is 0. The summed E-state index contributed by atoms with van der Waals surface area (Å²) in [6.45, 7) is 9.32. The SMILES string of the molecule is CCCN(CC)C(=S)NCC. The molecule has 0 radical (unpaired) electrons. The molecule has 0 bridgehead atoms. The van der Waals surface area contributed by atoms with Crippen molar-refractivity contribution < 1.29 is 0 Å². The zero-order valence-electron chi connectivity index (χ0n) is 7.68. The zero-order chi connectivity index (χ0) is 8.69. The van der Waals surface area contributed by atoms with Crippen molar-refractivity contribution in [2.75, 3.05) is 19.6 Å². The Morgan fingerprint density at radius 1 is 1.36 bits per heavy atom. The normalized spacial score (nSPS) is 9.36. The fourth-order valence-electron chi connectivity index (χ4n) is 0.936. The second kappa shape index (κ2) is 6.40. The number of nitrogens with zero attached hydrogens (tertiary/aromatic N) is 1. The van der Waals surface area contributed by atoms with Crippen LogP contribution in [0.2, 0.25) is 0 Å². The van der Waals surface area contributed by atoms with E-state index in [0.29, 0.717) is 0 Å². The molecule has 11 heavy (non-hydrogen) atoms. The summed E-state index contributed by atoms with van der Waals surface area (Å²) >= 11 is 5.15. The molecule has 0 atom stereocenters. The van der Waals surface area contributed by atoms with Gasteiger partial charge < -0.3 is 10.2 Å². The van der Waals surface area contributed by atoms with Crippen LogP contribution in [0, 0.1) is 0 Å². The number of nitrogens with one attached hydrogen (secondary N) is 1. The van der Waals surface area contributed by atoms with Crippen molar-refractivity contribution in [1.29, 1.82) is 0 Å². The molecule has 0 saturated carbocycles. The zero-order valence-corrected chi connectivity index (χ0v) is 8.50. The van der Waals surface area contributed by atoms with E-state index in [9.17, 15) is 0 Å². The molecule has 0 aromatic carbocycles. The molecule has 0 aliphatic carbocycles. The Hall–Kier alpha value is -0.310. The Balaban J connectivity index is 3.71. The third-order valence-electron chi connectivity index (χ3n) is 1.49. The maximum atomic E-state index is 5.15. The minimum Gasteiger partial charge on any atom is -0.363 e. The van der Waals surface area contributed by atoms with Gasteiger partial charge in [0.2, 0.25) is 0 Å². The summed E-state index contributed by atoms with van der Waals surface area (Å²) in [7, 11) is 0. The molecule has 1 N–H and O–H groups in total. The van der Waals surface area contributed by atoms with Crippen LogP contribution in [0.1, 0.15) is 27.2 Å². The van der Waals surface area contributed by atoms with Gasteiger partial charge in [-0.1, -0.05) is 6.92 Å². The van der Waals surface area contributed by atoms with E-state index in [4.69, 9.17) is 12.2 Å². The molecule has 0 saturated heterocycles. The van der Waals surface area contributed by atoms with E-state index in [0.717, 1.165) is 31.2 Å². The number of rotatable bonds is 4. The Morgan fingerprint density at radius 2 is 2.00 bits per heavy atom. The Morgan fingerprint density at radius 3 is 2.36 bits per heavy atom. The predicted molar refractivity (Wildman–Crippen MR) is 53.8 cm³/mol. The highest BCUT2D eigenvalue weighted by Crippen LogP contribution is 1.91. The van der Waals surface area contributed by atoms with Gasteiger partial charge in [-0.15, -0.1) is 0 Å². The van der Waals surface area contributed by atoms with Crippen molar-refractivity contribution in [3.05, 3.63) is 0 Å². The summed E-state index contributed by atoms with van der Waals surface area (Å²) < 4.78 is 0. The predicted octanol–water partition coefficient (Wildman–Crippen LogP) is 1.61. The molecule has 0 amide bonds. The first-order valence-corrected chi connectivity index (χ1v) is 4.69. The van der Waals surface area contributed by atoms with Gasteiger partial charge in [-0.25, -0.2) is 0 Å². The average molecular weight is 174 g/mol. The number of thiocarbonyl (C=S) groups is 1. The fourth-order valence-corrected chi connectivity index (χ4v) is 1.30. The lowest BCUT2D eigenvalue weighted by Gasteiger charge is -2.22. The molecule has 3 heteroatoms. The van der Waals surface area contributed by atoms with E-state index in [1.807, 2.05) is 0 Å². The first-order chi connectivity index (χ1) is 5.26. The molecule has 2 nitrogen and oxygen atoms in total. The lowest BCUT2D eigenvalue weighted by Crippen LogP contribution is -2.39. The first-order valence-electron chi connectivity index (χ1n) is 4.29. The molecule has 0 rings (SSSR count). The largest absolute Gasteiger partial charge is 0.363 e. The van der Waals surface area contributed by atoms with Crippen molar-refractivity contribution in [3.63, 3.8) is 0 Å². The average Bonchev–Trinajstić information content (AvgIpc) is 2.00. The first kappa shape index (κ1) is 10.7. The van der Waals surface area contributed by atoms with Crippen molar-refractivity contribution >= 4 is 17.3 Å². The summed E-state index contributed by atoms with van der Waals surface area (Å²) in [5, 5.41) is 4.02. The van der Waals surface area contributed by atoms with E-state index in [-0.39, 0.29) is 0 Å². The second-order valence-electron chi connectivity index (χ2n) is 2.42. The summed E-state index contributed by atoms with van der Waals surface area (Å²) in [6.07, 6.45) is 1.15. The van der Waals surface area contributed by atoms with Crippen LogP contribution in [0.15, 0.2) is 0 Å². The van der Waals surface area contributed by atoms with Gasteiger partial charge in [0, 0.05) is 19.6 Å². The van der Waals surface area contributed by atoms with Gasteiger partial charge in [-0.3, -0.25) is 0 Å². The Bertz CT molecular complexity index is 115. The second-order valence-corrected chi connectivity index (χ2v) is 2.80. The number of hydrogen-bond donors (Lipinski definition) is 1. The van der Waals surface area contributed by atoms with Gasteiger partial charge in [0.15, 0.2) is 5.11 Å². The van der Waals surface area contributed by atoms with E-state index in [2.05, 4.69) is 31.0 Å². The quantitative estimate of drug-likeness (QED) is 0.652. The Kier molecular flexibility index (Phi) is 6.22. The highest BCUT2D eigenvalue weighted by molar-refractivity contribution is 7.80. The standard InChI is InChI=1S/C8H18N2S/c1-4-7-10(6-3)8(11)9-5-2/h4-7H2,1-3H3,(H,9,11). The minimum atomic E-state index is 0.886. The van der Waals surface area contributed by atoms with E-state index in [1.54, 1.807) is 0 Å². The van der Waals surface area contributed by atoms with Gasteiger partial charge >= 0.3 is 0 Å². The lowest BCUT2D eigenvalue weighted by atomic mass is 10.4. The highest BCUT2D eigenvalue weighted by atomic mass is 32.1. The summed E-state index contributed by atoms with van der Waals surface area (Å²) in [5.74, 6) is 0. The van der Waals surface area contributed by atoms with E-state index >= 15 is 0 Å². The molecule has 0 aromatic heterocycles. The van der Waals surface area contributed by atoms with Crippen LogP contribution in [0.3, 0.4) is 0 Å². The van der Waals surface area contributed by atoms with Crippen molar-refractivity contribution in [2.45, 2.75) is 27.2 Å². The third kappa shape index (κ3) is 4.19. The van der Waals surface area contributed by atoms with Gasteiger partial charge in [-0.05, 0) is 32.5 Å². The fraction of sp³-hybridized carbons (Fsp3) is 0.875. The van der Waals surface area contributed by atoms with Gasteiger partial charge in [0.25, 0.3) is 0 Å². The molecule has 0 aromatic rings. The van der Waals surface area contributed by atoms with E-state index < -0.39 is 0 Å². The van der Waals surface area contributed by atoms with Crippen LogP contribution in [-0.4, -0.2) is 29.6 Å². The molecular formula is C8H18N2S. The van der Waals surface area contributed by atoms with Crippen LogP contribution < -0.4 is 5.32 Å².